The molecule has 0 atom stereocenters. The van der Waals surface area contributed by atoms with E-state index in [9.17, 15) is 9.18 Å². The third kappa shape index (κ3) is 1.26. The van der Waals surface area contributed by atoms with Crippen LogP contribution in [0.5, 0.6) is 0 Å². The Morgan fingerprint density at radius 3 is 2.94 bits per heavy atom. The largest absolute Gasteiger partial charge is 0.349 e. The predicted octanol–water partition coefficient (Wildman–Crippen LogP) is 1.99. The van der Waals surface area contributed by atoms with Crippen LogP contribution < -0.4 is 16.1 Å². The van der Waals surface area contributed by atoms with Crippen molar-refractivity contribution in [3.8, 4) is 0 Å². The Kier molecular flexibility index (Phi) is 2.25. The summed E-state index contributed by atoms with van der Waals surface area (Å²) >= 11 is 5.81. The molecule has 0 fully saturated rings. The molecule has 0 aliphatic carbocycles. The Morgan fingerprint density at radius 2 is 2.28 bits per heavy atom. The molecule has 2 aromatic rings. The van der Waals surface area contributed by atoms with E-state index in [4.69, 9.17) is 11.6 Å². The number of nitrogens with zero attached hydrogens (tertiary/aromatic N) is 3. The van der Waals surface area contributed by atoms with E-state index in [2.05, 4.69) is 10.4 Å². The van der Waals surface area contributed by atoms with Crippen LogP contribution in [0, 0.1) is 5.82 Å². The molecule has 1 N–H and O–H groups in total. The molecule has 18 heavy (non-hydrogen) atoms. The van der Waals surface area contributed by atoms with Gasteiger partial charge in [0.25, 0.3) is 0 Å². The van der Waals surface area contributed by atoms with Crippen molar-refractivity contribution in [2.75, 3.05) is 17.5 Å². The van der Waals surface area contributed by atoms with Crippen LogP contribution in [-0.4, -0.2) is 16.6 Å². The predicted molar refractivity (Wildman–Crippen MR) is 68.7 cm³/mol. The van der Waals surface area contributed by atoms with Crippen molar-refractivity contribution in [1.82, 2.24) is 9.55 Å². The SMILES string of the molecule is CCn1c2c3c(cc(Cl)c(F)c3nc1=O)N(C)N2. The summed E-state index contributed by atoms with van der Waals surface area (Å²) in [6.07, 6.45) is 0. The normalized spacial score (nSPS) is 13.2. The number of rotatable bonds is 1. The zero-order valence-corrected chi connectivity index (χ0v) is 10.5. The van der Waals surface area contributed by atoms with Crippen LogP contribution in [0.2, 0.25) is 5.02 Å². The van der Waals surface area contributed by atoms with Crippen molar-refractivity contribution in [1.29, 1.82) is 0 Å². The highest BCUT2D eigenvalue weighted by Crippen LogP contribution is 2.40. The fourth-order valence-electron chi connectivity index (χ4n) is 2.22. The van der Waals surface area contributed by atoms with Gasteiger partial charge < -0.3 is 0 Å². The molecule has 0 unspecified atom stereocenters. The average Bonchev–Trinajstić information content (AvgIpc) is 2.64. The van der Waals surface area contributed by atoms with Crippen LogP contribution in [0.3, 0.4) is 0 Å². The summed E-state index contributed by atoms with van der Waals surface area (Å²) in [5, 5.41) is 2.23. The molecule has 0 radical (unpaired) electrons. The van der Waals surface area contributed by atoms with E-state index in [1.807, 2.05) is 6.92 Å². The van der Waals surface area contributed by atoms with E-state index in [1.165, 1.54) is 10.6 Å². The van der Waals surface area contributed by atoms with Crippen molar-refractivity contribution in [3.05, 3.63) is 27.4 Å². The first-order valence-electron chi connectivity index (χ1n) is 5.47. The van der Waals surface area contributed by atoms with E-state index >= 15 is 0 Å². The molecule has 5 nitrogen and oxygen atoms in total. The minimum Gasteiger partial charge on any atom is -0.289 e. The van der Waals surface area contributed by atoms with Gasteiger partial charge in [0.2, 0.25) is 0 Å². The number of benzene rings is 1. The summed E-state index contributed by atoms with van der Waals surface area (Å²) in [6, 6.07) is 1.52. The van der Waals surface area contributed by atoms with Gasteiger partial charge in [-0.15, -0.1) is 0 Å². The second kappa shape index (κ2) is 3.58. The van der Waals surface area contributed by atoms with Crippen molar-refractivity contribution in [2.24, 2.45) is 0 Å². The molecule has 94 valence electrons. The maximum atomic E-state index is 13.9. The van der Waals surface area contributed by atoms with Crippen molar-refractivity contribution in [3.63, 3.8) is 0 Å². The Labute approximate surface area is 107 Å². The lowest BCUT2D eigenvalue weighted by atomic mass is 10.2. The van der Waals surface area contributed by atoms with Crippen molar-refractivity contribution < 1.29 is 4.39 Å². The van der Waals surface area contributed by atoms with Crippen LogP contribution >= 0.6 is 11.6 Å². The Morgan fingerprint density at radius 1 is 1.56 bits per heavy atom. The van der Waals surface area contributed by atoms with Gasteiger partial charge in [0.1, 0.15) is 11.3 Å². The minimum absolute atomic E-state index is 0.0130. The van der Waals surface area contributed by atoms with Gasteiger partial charge in [-0.25, -0.2) is 9.18 Å². The van der Waals surface area contributed by atoms with Gasteiger partial charge in [-0.2, -0.15) is 4.98 Å². The highest BCUT2D eigenvalue weighted by atomic mass is 35.5. The molecule has 3 rings (SSSR count). The molecule has 1 aliphatic heterocycles. The molecule has 2 heterocycles. The lowest BCUT2D eigenvalue weighted by molar-refractivity contribution is 0.633. The standard InChI is InChI=1S/C11H10ClFN4O/c1-3-17-10-7-6(16(2)15-10)4-5(12)8(13)9(7)14-11(17)18/h4,15H,3H2,1-2H3. The minimum atomic E-state index is -0.658. The van der Waals surface area contributed by atoms with Crippen LogP contribution in [0.1, 0.15) is 6.92 Å². The molecule has 0 amide bonds. The number of hydrogen-bond acceptors (Lipinski definition) is 4. The molecule has 1 aromatic carbocycles. The fourth-order valence-corrected chi connectivity index (χ4v) is 2.41. The number of halogens is 2. The number of hydrazine groups is 1. The van der Waals surface area contributed by atoms with Gasteiger partial charge in [0.15, 0.2) is 5.82 Å². The lowest BCUT2D eigenvalue weighted by Gasteiger charge is -2.13. The van der Waals surface area contributed by atoms with E-state index in [-0.39, 0.29) is 10.5 Å². The molecule has 1 aromatic heterocycles. The highest BCUT2D eigenvalue weighted by molar-refractivity contribution is 6.32. The Hall–Kier alpha value is -1.82. The quantitative estimate of drug-likeness (QED) is 0.859. The molecule has 7 heteroatoms. The first-order valence-corrected chi connectivity index (χ1v) is 5.85. The zero-order valence-electron chi connectivity index (χ0n) is 9.79. The second-order valence-electron chi connectivity index (χ2n) is 4.07. The zero-order chi connectivity index (χ0) is 13.0. The summed E-state index contributed by atoms with van der Waals surface area (Å²) in [6.45, 7) is 2.29. The molecule has 0 saturated carbocycles. The smallest absolute Gasteiger partial charge is 0.289 e. The van der Waals surface area contributed by atoms with Gasteiger partial charge in [-0.05, 0) is 13.0 Å². The first kappa shape index (κ1) is 11.3. The van der Waals surface area contributed by atoms with Gasteiger partial charge in [-0.1, -0.05) is 11.6 Å². The van der Waals surface area contributed by atoms with E-state index in [0.29, 0.717) is 23.4 Å². The maximum absolute atomic E-state index is 13.9. The summed E-state index contributed by atoms with van der Waals surface area (Å²) in [7, 11) is 1.77. The summed E-state index contributed by atoms with van der Waals surface area (Å²) in [4.78, 5) is 15.6. The van der Waals surface area contributed by atoms with Gasteiger partial charge in [0.05, 0.1) is 16.1 Å². The van der Waals surface area contributed by atoms with Crippen molar-refractivity contribution in [2.45, 2.75) is 13.5 Å². The lowest BCUT2D eigenvalue weighted by Crippen LogP contribution is -2.27. The van der Waals surface area contributed by atoms with Gasteiger partial charge >= 0.3 is 5.69 Å². The molecular formula is C11H10ClFN4O. The van der Waals surface area contributed by atoms with Crippen LogP contribution in [0.15, 0.2) is 10.9 Å². The second-order valence-corrected chi connectivity index (χ2v) is 4.48. The maximum Gasteiger partial charge on any atom is 0.349 e. The average molecular weight is 269 g/mol. The molecule has 0 spiro atoms. The highest BCUT2D eigenvalue weighted by Gasteiger charge is 2.26. The molecular weight excluding hydrogens is 259 g/mol. The first-order chi connectivity index (χ1) is 8.54. The fraction of sp³-hybridized carbons (Fsp3) is 0.273. The Bertz CT molecular complexity index is 727. The molecule has 0 bridgehead atoms. The molecule has 0 saturated heterocycles. The molecule has 1 aliphatic rings. The third-order valence-corrected chi connectivity index (χ3v) is 3.35. The van der Waals surface area contributed by atoms with Crippen LogP contribution in [0.25, 0.3) is 10.9 Å². The van der Waals surface area contributed by atoms with E-state index in [1.54, 1.807) is 12.1 Å². The summed E-state index contributed by atoms with van der Waals surface area (Å²) in [5.41, 5.74) is 3.25. The summed E-state index contributed by atoms with van der Waals surface area (Å²) < 4.78 is 15.4. The van der Waals surface area contributed by atoms with Crippen LogP contribution in [-0.2, 0) is 6.54 Å². The number of hydrogen-bond donors (Lipinski definition) is 1. The summed E-state index contributed by atoms with van der Waals surface area (Å²) in [5.74, 6) is -0.102. The van der Waals surface area contributed by atoms with Gasteiger partial charge in [0, 0.05) is 13.6 Å². The van der Waals surface area contributed by atoms with E-state index in [0.717, 1.165) is 0 Å². The third-order valence-electron chi connectivity index (χ3n) is 3.07. The number of anilines is 2. The van der Waals surface area contributed by atoms with E-state index < -0.39 is 11.5 Å². The Balaban J connectivity index is 2.56. The van der Waals surface area contributed by atoms with Crippen LogP contribution in [0.4, 0.5) is 15.9 Å². The van der Waals surface area contributed by atoms with Gasteiger partial charge in [-0.3, -0.25) is 15.0 Å². The number of nitrogens with one attached hydrogen (secondary N) is 1. The monoisotopic (exact) mass is 268 g/mol. The number of aromatic nitrogens is 2. The van der Waals surface area contributed by atoms with Crippen molar-refractivity contribution >= 4 is 34.0 Å². The topological polar surface area (TPSA) is 50.2 Å².